The first kappa shape index (κ1) is 24.7. The SMILES string of the molecule is CC(C)N1CCN(c2ccc(C(=C(CCCO)c3ccccc3)c3ccc(Br)cc3)cc2)CC1. The Morgan fingerprint density at radius 1 is 0.794 bits per heavy atom. The third-order valence-corrected chi connectivity index (χ3v) is 7.24. The largest absolute Gasteiger partial charge is 0.396 e. The topological polar surface area (TPSA) is 26.7 Å². The molecule has 4 rings (SSSR count). The maximum atomic E-state index is 9.62. The highest BCUT2D eigenvalue weighted by molar-refractivity contribution is 9.10. The zero-order valence-electron chi connectivity index (χ0n) is 20.3. The van der Waals surface area contributed by atoms with Crippen molar-refractivity contribution in [1.29, 1.82) is 0 Å². The molecule has 1 fully saturated rings. The molecule has 3 nitrogen and oxygen atoms in total. The zero-order chi connectivity index (χ0) is 23.9. The van der Waals surface area contributed by atoms with E-state index in [0.29, 0.717) is 6.04 Å². The predicted octanol–water partition coefficient (Wildman–Crippen LogP) is 6.71. The second-order valence-corrected chi connectivity index (χ2v) is 10.1. The van der Waals surface area contributed by atoms with Gasteiger partial charge in [-0.2, -0.15) is 0 Å². The van der Waals surface area contributed by atoms with E-state index >= 15 is 0 Å². The van der Waals surface area contributed by atoms with E-state index < -0.39 is 0 Å². The first-order valence-electron chi connectivity index (χ1n) is 12.3. The van der Waals surface area contributed by atoms with Crippen molar-refractivity contribution in [3.8, 4) is 0 Å². The van der Waals surface area contributed by atoms with E-state index in [0.717, 1.165) is 43.5 Å². The first-order chi connectivity index (χ1) is 16.6. The fraction of sp³-hybridized carbons (Fsp3) is 0.333. The molecular weight excluding hydrogens is 484 g/mol. The fourth-order valence-corrected chi connectivity index (χ4v) is 5.04. The predicted molar refractivity (Wildman–Crippen MR) is 148 cm³/mol. The summed E-state index contributed by atoms with van der Waals surface area (Å²) in [5, 5.41) is 9.62. The van der Waals surface area contributed by atoms with Crippen molar-refractivity contribution >= 4 is 32.8 Å². The molecule has 0 unspecified atom stereocenters. The highest BCUT2D eigenvalue weighted by Crippen LogP contribution is 2.36. The number of hydrogen-bond donors (Lipinski definition) is 1. The van der Waals surface area contributed by atoms with Crippen LogP contribution in [0.4, 0.5) is 5.69 Å². The summed E-state index contributed by atoms with van der Waals surface area (Å²) in [5.74, 6) is 0. The summed E-state index contributed by atoms with van der Waals surface area (Å²) in [6, 6.07) is 28.8. The molecule has 34 heavy (non-hydrogen) atoms. The number of nitrogens with zero attached hydrogens (tertiary/aromatic N) is 2. The molecule has 1 heterocycles. The van der Waals surface area contributed by atoms with Gasteiger partial charge in [-0.25, -0.2) is 0 Å². The minimum Gasteiger partial charge on any atom is -0.396 e. The van der Waals surface area contributed by atoms with E-state index in [1.54, 1.807) is 0 Å². The number of hydrogen-bond acceptors (Lipinski definition) is 3. The van der Waals surface area contributed by atoms with E-state index in [1.165, 1.54) is 33.5 Å². The van der Waals surface area contributed by atoms with Crippen molar-refractivity contribution in [2.75, 3.05) is 37.7 Å². The lowest BCUT2D eigenvalue weighted by Gasteiger charge is -2.38. The third kappa shape index (κ3) is 5.99. The Bertz CT molecular complexity index is 1070. The van der Waals surface area contributed by atoms with Crippen molar-refractivity contribution in [2.24, 2.45) is 0 Å². The molecule has 0 spiro atoms. The zero-order valence-corrected chi connectivity index (χ0v) is 21.8. The van der Waals surface area contributed by atoms with E-state index in [9.17, 15) is 5.11 Å². The Morgan fingerprint density at radius 3 is 1.94 bits per heavy atom. The summed E-state index contributed by atoms with van der Waals surface area (Å²) in [7, 11) is 0. The van der Waals surface area contributed by atoms with Gasteiger partial charge >= 0.3 is 0 Å². The molecule has 1 saturated heterocycles. The normalized spacial score (nSPS) is 15.5. The van der Waals surface area contributed by atoms with Gasteiger partial charge in [0, 0.05) is 49.0 Å². The standard InChI is InChI=1S/C30H35BrN2O/c1-23(2)32-18-20-33(21-19-32)28-16-12-26(13-17-28)30(25-10-14-27(31)15-11-25)29(9-6-22-34)24-7-4-3-5-8-24/h3-5,7-8,10-17,23,34H,6,9,18-22H2,1-2H3. The maximum Gasteiger partial charge on any atom is 0.0434 e. The summed E-state index contributed by atoms with van der Waals surface area (Å²) < 4.78 is 1.07. The summed E-state index contributed by atoms with van der Waals surface area (Å²) in [5.41, 5.74) is 7.42. The van der Waals surface area contributed by atoms with Crippen LogP contribution < -0.4 is 4.90 Å². The number of benzene rings is 3. The van der Waals surface area contributed by atoms with Crippen LogP contribution >= 0.6 is 15.9 Å². The summed E-state index contributed by atoms with van der Waals surface area (Å²) in [4.78, 5) is 5.04. The smallest absolute Gasteiger partial charge is 0.0434 e. The number of aliphatic hydroxyl groups is 1. The van der Waals surface area contributed by atoms with E-state index in [2.05, 4.69) is 118 Å². The molecule has 1 N–H and O–H groups in total. The molecule has 178 valence electrons. The minimum absolute atomic E-state index is 0.186. The van der Waals surface area contributed by atoms with Crippen LogP contribution in [0.5, 0.6) is 0 Å². The molecule has 0 aromatic heterocycles. The van der Waals surface area contributed by atoms with Crippen LogP contribution in [0.15, 0.2) is 83.3 Å². The van der Waals surface area contributed by atoms with E-state index in [-0.39, 0.29) is 6.61 Å². The van der Waals surface area contributed by atoms with Gasteiger partial charge in [0.25, 0.3) is 0 Å². The molecule has 3 aromatic rings. The van der Waals surface area contributed by atoms with Crippen LogP contribution in [0.25, 0.3) is 11.1 Å². The lowest BCUT2D eigenvalue weighted by atomic mass is 9.87. The molecule has 0 radical (unpaired) electrons. The Hall–Kier alpha value is -2.40. The maximum absolute atomic E-state index is 9.62. The molecule has 0 amide bonds. The monoisotopic (exact) mass is 518 g/mol. The van der Waals surface area contributed by atoms with Crippen LogP contribution in [0.3, 0.4) is 0 Å². The second-order valence-electron chi connectivity index (χ2n) is 9.22. The molecule has 0 aliphatic carbocycles. The van der Waals surface area contributed by atoms with Crippen molar-refractivity contribution in [2.45, 2.75) is 32.7 Å². The highest BCUT2D eigenvalue weighted by atomic mass is 79.9. The number of piperazine rings is 1. The van der Waals surface area contributed by atoms with Crippen molar-refractivity contribution in [3.63, 3.8) is 0 Å². The molecule has 4 heteroatoms. The van der Waals surface area contributed by atoms with Gasteiger partial charge in [-0.15, -0.1) is 0 Å². The van der Waals surface area contributed by atoms with Crippen molar-refractivity contribution in [1.82, 2.24) is 4.90 Å². The first-order valence-corrected chi connectivity index (χ1v) is 13.1. The average Bonchev–Trinajstić information content (AvgIpc) is 2.88. The van der Waals surface area contributed by atoms with Crippen molar-refractivity contribution in [3.05, 3.63) is 100 Å². The quantitative estimate of drug-likeness (QED) is 0.335. The molecule has 1 aliphatic rings. The average molecular weight is 520 g/mol. The van der Waals surface area contributed by atoms with Crippen molar-refractivity contribution < 1.29 is 5.11 Å². The van der Waals surface area contributed by atoms with Gasteiger partial charge in [-0.1, -0.05) is 70.5 Å². The van der Waals surface area contributed by atoms with Gasteiger partial charge in [0.15, 0.2) is 0 Å². The highest BCUT2D eigenvalue weighted by Gasteiger charge is 2.20. The number of allylic oxidation sites excluding steroid dienone is 1. The molecule has 0 bridgehead atoms. The second kappa shape index (κ2) is 11.8. The van der Waals surface area contributed by atoms with E-state index in [4.69, 9.17) is 0 Å². The van der Waals surface area contributed by atoms with Gasteiger partial charge in [0.2, 0.25) is 0 Å². The fourth-order valence-electron chi connectivity index (χ4n) is 4.78. The third-order valence-electron chi connectivity index (χ3n) is 6.71. The van der Waals surface area contributed by atoms with Crippen LogP contribution in [-0.4, -0.2) is 48.8 Å². The van der Waals surface area contributed by atoms with Gasteiger partial charge < -0.3 is 10.0 Å². The minimum atomic E-state index is 0.186. The van der Waals surface area contributed by atoms with Crippen LogP contribution in [0, 0.1) is 0 Å². The molecule has 1 aliphatic heterocycles. The molecule has 0 saturated carbocycles. The Kier molecular flexibility index (Phi) is 8.60. The molecule has 0 atom stereocenters. The van der Waals surface area contributed by atoms with Gasteiger partial charge in [0.05, 0.1) is 0 Å². The summed E-state index contributed by atoms with van der Waals surface area (Å²) >= 11 is 3.58. The van der Waals surface area contributed by atoms with Crippen LogP contribution in [0.2, 0.25) is 0 Å². The molecule has 3 aromatic carbocycles. The van der Waals surface area contributed by atoms with Crippen LogP contribution in [0.1, 0.15) is 43.4 Å². The number of aliphatic hydroxyl groups excluding tert-OH is 1. The summed E-state index contributed by atoms with van der Waals surface area (Å²) in [6.07, 6.45) is 1.56. The lowest BCUT2D eigenvalue weighted by Crippen LogP contribution is -2.48. The van der Waals surface area contributed by atoms with E-state index in [1.807, 2.05) is 0 Å². The number of anilines is 1. The lowest BCUT2D eigenvalue weighted by molar-refractivity contribution is 0.209. The van der Waals surface area contributed by atoms with Gasteiger partial charge in [-0.3, -0.25) is 4.90 Å². The number of rotatable bonds is 8. The molecular formula is C30H35BrN2O. The Morgan fingerprint density at radius 2 is 1.38 bits per heavy atom. The Labute approximate surface area is 212 Å². The summed E-state index contributed by atoms with van der Waals surface area (Å²) in [6.45, 7) is 9.11. The van der Waals surface area contributed by atoms with Gasteiger partial charge in [0.1, 0.15) is 0 Å². The van der Waals surface area contributed by atoms with Gasteiger partial charge in [-0.05, 0) is 78.8 Å². The Balaban J connectivity index is 1.72. The number of halogens is 1. The van der Waals surface area contributed by atoms with Crippen LogP contribution in [-0.2, 0) is 0 Å².